The molecule has 0 bridgehead atoms. The minimum absolute atomic E-state index is 0.227. The summed E-state index contributed by atoms with van der Waals surface area (Å²) in [6, 6.07) is 5.40. The lowest BCUT2D eigenvalue weighted by Gasteiger charge is -2.17. The van der Waals surface area contributed by atoms with Gasteiger partial charge in [-0.05, 0) is 32.9 Å². The normalized spacial score (nSPS) is 11.4. The summed E-state index contributed by atoms with van der Waals surface area (Å²) in [5.41, 5.74) is 1.69. The summed E-state index contributed by atoms with van der Waals surface area (Å²) in [6.07, 6.45) is 1.70. The van der Waals surface area contributed by atoms with Crippen molar-refractivity contribution in [2.24, 2.45) is 0 Å². The highest BCUT2D eigenvalue weighted by Crippen LogP contribution is 2.15. The van der Waals surface area contributed by atoms with E-state index in [1.54, 1.807) is 12.3 Å². The number of rotatable bonds is 6. The zero-order chi connectivity index (χ0) is 17.7. The minimum atomic E-state index is -0.309. The van der Waals surface area contributed by atoms with E-state index < -0.39 is 0 Å². The van der Waals surface area contributed by atoms with Crippen molar-refractivity contribution >= 4 is 11.6 Å². The number of nitrogens with one attached hydrogen (secondary N) is 1. The molecule has 0 aliphatic heterocycles. The molecular formula is C17H24N4O3. The van der Waals surface area contributed by atoms with Gasteiger partial charge in [-0.3, -0.25) is 9.78 Å². The second-order valence-corrected chi connectivity index (χ2v) is 6.63. The SMILES string of the molecule is CN(C)c1cccnc1CNC(=O)c1cc(COC(C)(C)C)on1. The zero-order valence-corrected chi connectivity index (χ0v) is 14.8. The van der Waals surface area contributed by atoms with Crippen LogP contribution in [0.1, 0.15) is 42.7 Å². The number of ether oxygens (including phenoxy) is 1. The molecule has 1 amide bonds. The van der Waals surface area contributed by atoms with Gasteiger partial charge in [0.25, 0.3) is 5.91 Å². The minimum Gasteiger partial charge on any atom is -0.376 e. The molecule has 0 aliphatic rings. The van der Waals surface area contributed by atoms with Gasteiger partial charge in [0.15, 0.2) is 11.5 Å². The molecule has 2 aromatic heterocycles. The summed E-state index contributed by atoms with van der Waals surface area (Å²) in [6.45, 7) is 6.44. The van der Waals surface area contributed by atoms with Gasteiger partial charge >= 0.3 is 0 Å². The zero-order valence-electron chi connectivity index (χ0n) is 14.8. The first kappa shape index (κ1) is 17.9. The van der Waals surface area contributed by atoms with Crippen molar-refractivity contribution in [2.45, 2.75) is 39.5 Å². The highest BCUT2D eigenvalue weighted by atomic mass is 16.5. The van der Waals surface area contributed by atoms with Crippen LogP contribution in [0.25, 0.3) is 0 Å². The van der Waals surface area contributed by atoms with Crippen LogP contribution in [-0.2, 0) is 17.9 Å². The van der Waals surface area contributed by atoms with Crippen molar-refractivity contribution in [2.75, 3.05) is 19.0 Å². The molecule has 0 atom stereocenters. The molecule has 7 heteroatoms. The van der Waals surface area contributed by atoms with Gasteiger partial charge in [0.2, 0.25) is 0 Å². The summed E-state index contributed by atoms with van der Waals surface area (Å²) in [7, 11) is 3.86. The van der Waals surface area contributed by atoms with Crippen LogP contribution in [0.5, 0.6) is 0 Å². The van der Waals surface area contributed by atoms with Crippen LogP contribution in [0.2, 0.25) is 0 Å². The van der Waals surface area contributed by atoms with E-state index in [4.69, 9.17) is 9.26 Å². The molecule has 130 valence electrons. The Morgan fingerprint density at radius 3 is 2.79 bits per heavy atom. The van der Waals surface area contributed by atoms with Crippen LogP contribution in [-0.4, -0.2) is 35.7 Å². The topological polar surface area (TPSA) is 80.5 Å². The van der Waals surface area contributed by atoms with Gasteiger partial charge in [-0.25, -0.2) is 0 Å². The third-order valence-electron chi connectivity index (χ3n) is 3.20. The second kappa shape index (κ2) is 7.44. The number of anilines is 1. The molecule has 2 heterocycles. The lowest BCUT2D eigenvalue weighted by Crippen LogP contribution is -2.25. The predicted molar refractivity (Wildman–Crippen MR) is 90.8 cm³/mol. The van der Waals surface area contributed by atoms with Crippen molar-refractivity contribution < 1.29 is 14.1 Å². The van der Waals surface area contributed by atoms with Crippen LogP contribution < -0.4 is 10.2 Å². The third-order valence-corrected chi connectivity index (χ3v) is 3.20. The Hall–Kier alpha value is -2.41. The molecule has 7 nitrogen and oxygen atoms in total. The number of carbonyl (C=O) groups excluding carboxylic acids is 1. The Bertz CT molecular complexity index is 689. The van der Waals surface area contributed by atoms with Gasteiger partial charge in [-0.15, -0.1) is 0 Å². The van der Waals surface area contributed by atoms with Gasteiger partial charge in [-0.1, -0.05) is 5.16 Å². The average Bonchev–Trinajstić information content (AvgIpc) is 2.99. The Morgan fingerprint density at radius 2 is 2.12 bits per heavy atom. The van der Waals surface area contributed by atoms with E-state index in [9.17, 15) is 4.79 Å². The summed E-state index contributed by atoms with van der Waals surface area (Å²) < 4.78 is 10.7. The molecular weight excluding hydrogens is 308 g/mol. The number of hydrogen-bond donors (Lipinski definition) is 1. The van der Waals surface area contributed by atoms with Crippen molar-refractivity contribution in [1.29, 1.82) is 0 Å². The number of pyridine rings is 1. The highest BCUT2D eigenvalue weighted by Gasteiger charge is 2.16. The maximum atomic E-state index is 12.2. The predicted octanol–water partition coefficient (Wildman–Crippen LogP) is 2.38. The maximum Gasteiger partial charge on any atom is 0.273 e. The lowest BCUT2D eigenvalue weighted by atomic mass is 10.2. The first-order valence-corrected chi connectivity index (χ1v) is 7.75. The molecule has 0 radical (unpaired) electrons. The number of carbonyl (C=O) groups is 1. The molecule has 0 saturated heterocycles. The molecule has 1 N–H and O–H groups in total. The quantitative estimate of drug-likeness (QED) is 0.875. The Morgan fingerprint density at radius 1 is 1.38 bits per heavy atom. The van der Waals surface area contributed by atoms with Crippen LogP contribution in [0.3, 0.4) is 0 Å². The second-order valence-electron chi connectivity index (χ2n) is 6.63. The molecule has 0 spiro atoms. The number of amides is 1. The molecule has 0 aromatic carbocycles. The number of nitrogens with zero attached hydrogens (tertiary/aromatic N) is 3. The van der Waals surface area contributed by atoms with Gasteiger partial charge in [-0.2, -0.15) is 0 Å². The average molecular weight is 332 g/mol. The van der Waals surface area contributed by atoms with Crippen LogP contribution in [0, 0.1) is 0 Å². The fourth-order valence-electron chi connectivity index (χ4n) is 2.00. The van der Waals surface area contributed by atoms with Gasteiger partial charge in [0, 0.05) is 26.4 Å². The fraction of sp³-hybridized carbons (Fsp3) is 0.471. The number of aromatic nitrogens is 2. The Kier molecular flexibility index (Phi) is 5.56. The summed E-state index contributed by atoms with van der Waals surface area (Å²) in [5.74, 6) is 0.206. The van der Waals surface area contributed by atoms with Crippen LogP contribution >= 0.6 is 0 Å². The van der Waals surface area contributed by atoms with E-state index in [1.165, 1.54) is 0 Å². The first-order chi connectivity index (χ1) is 11.3. The smallest absolute Gasteiger partial charge is 0.273 e. The summed E-state index contributed by atoms with van der Waals surface area (Å²) in [5, 5.41) is 6.59. The largest absolute Gasteiger partial charge is 0.376 e. The van der Waals surface area contributed by atoms with E-state index in [0.29, 0.717) is 12.3 Å². The summed E-state index contributed by atoms with van der Waals surface area (Å²) in [4.78, 5) is 18.5. The van der Waals surface area contributed by atoms with E-state index in [2.05, 4.69) is 15.5 Å². The molecule has 0 saturated carbocycles. The van der Waals surface area contributed by atoms with E-state index in [1.807, 2.05) is 51.9 Å². The van der Waals surface area contributed by atoms with Crippen molar-refractivity contribution in [3.05, 3.63) is 41.5 Å². The van der Waals surface area contributed by atoms with Gasteiger partial charge in [0.1, 0.15) is 6.61 Å². The van der Waals surface area contributed by atoms with E-state index in [-0.39, 0.29) is 23.8 Å². The molecule has 2 aromatic rings. The summed E-state index contributed by atoms with van der Waals surface area (Å²) >= 11 is 0. The third kappa shape index (κ3) is 5.06. The first-order valence-electron chi connectivity index (χ1n) is 7.75. The maximum absolute atomic E-state index is 12.2. The van der Waals surface area contributed by atoms with E-state index in [0.717, 1.165) is 11.4 Å². The molecule has 24 heavy (non-hydrogen) atoms. The van der Waals surface area contributed by atoms with Crippen molar-refractivity contribution in [3.63, 3.8) is 0 Å². The Balaban J connectivity index is 1.95. The highest BCUT2D eigenvalue weighted by molar-refractivity contribution is 5.92. The van der Waals surface area contributed by atoms with Crippen molar-refractivity contribution in [1.82, 2.24) is 15.5 Å². The van der Waals surface area contributed by atoms with Crippen LogP contribution in [0.15, 0.2) is 28.9 Å². The molecule has 0 aliphatic carbocycles. The monoisotopic (exact) mass is 332 g/mol. The number of hydrogen-bond acceptors (Lipinski definition) is 6. The standard InChI is InChI=1S/C17H24N4O3/c1-17(2,3)23-11-12-9-13(20-24-12)16(22)19-10-14-15(21(4)5)7-6-8-18-14/h6-9H,10-11H2,1-5H3,(H,19,22). The van der Waals surface area contributed by atoms with Crippen LogP contribution in [0.4, 0.5) is 5.69 Å². The van der Waals surface area contributed by atoms with E-state index >= 15 is 0 Å². The lowest BCUT2D eigenvalue weighted by molar-refractivity contribution is -0.0241. The van der Waals surface area contributed by atoms with Gasteiger partial charge in [0.05, 0.1) is 23.5 Å². The van der Waals surface area contributed by atoms with Crippen molar-refractivity contribution in [3.8, 4) is 0 Å². The molecule has 0 unspecified atom stereocenters. The molecule has 2 rings (SSSR count). The van der Waals surface area contributed by atoms with Gasteiger partial charge < -0.3 is 19.5 Å². The molecule has 0 fully saturated rings. The fourth-order valence-corrected chi connectivity index (χ4v) is 2.00. The Labute approximate surface area is 142 Å².